The van der Waals surface area contributed by atoms with Crippen molar-refractivity contribution < 1.29 is 28.9 Å². The van der Waals surface area contributed by atoms with Gasteiger partial charge in [-0.15, -0.1) is 0 Å². The van der Waals surface area contributed by atoms with Crippen molar-refractivity contribution in [1.29, 1.82) is 0 Å². The standard InChI is InChI=1S/C18H27NO6/c1-6-23-14-9-13(10-15(24-7-2)17(14)25-8-3)18(22)19(12(4)5)11-16(20)21/h9-10,12H,6-8,11H2,1-5H3,(H,20,21). The lowest BCUT2D eigenvalue weighted by atomic mass is 10.1. The first kappa shape index (κ1) is 20.6. The number of amides is 1. The molecule has 0 unspecified atom stereocenters. The van der Waals surface area contributed by atoms with E-state index >= 15 is 0 Å². The highest BCUT2D eigenvalue weighted by atomic mass is 16.5. The Morgan fingerprint density at radius 1 is 1.00 bits per heavy atom. The smallest absolute Gasteiger partial charge is 0.323 e. The van der Waals surface area contributed by atoms with Crippen molar-refractivity contribution in [2.75, 3.05) is 26.4 Å². The van der Waals surface area contributed by atoms with Crippen molar-refractivity contribution in [3.05, 3.63) is 17.7 Å². The van der Waals surface area contributed by atoms with Gasteiger partial charge in [0, 0.05) is 11.6 Å². The Morgan fingerprint density at radius 2 is 1.48 bits per heavy atom. The number of rotatable bonds is 10. The highest BCUT2D eigenvalue weighted by Crippen LogP contribution is 2.39. The molecule has 25 heavy (non-hydrogen) atoms. The average Bonchev–Trinajstić information content (AvgIpc) is 2.54. The zero-order chi connectivity index (χ0) is 19.0. The highest BCUT2D eigenvalue weighted by Gasteiger charge is 2.25. The van der Waals surface area contributed by atoms with Crippen LogP contribution in [0.5, 0.6) is 17.2 Å². The minimum absolute atomic E-state index is 0.263. The molecule has 140 valence electrons. The molecule has 0 aliphatic rings. The summed E-state index contributed by atoms with van der Waals surface area (Å²) >= 11 is 0. The number of carboxylic acids is 1. The number of carbonyl (C=O) groups excluding carboxylic acids is 1. The molecule has 0 radical (unpaired) electrons. The quantitative estimate of drug-likeness (QED) is 0.696. The summed E-state index contributed by atoms with van der Waals surface area (Å²) in [6.45, 7) is 9.87. The molecule has 0 saturated heterocycles. The van der Waals surface area contributed by atoms with Gasteiger partial charge in [-0.3, -0.25) is 9.59 Å². The second-order valence-electron chi connectivity index (χ2n) is 5.52. The van der Waals surface area contributed by atoms with Gasteiger partial charge in [0.05, 0.1) is 19.8 Å². The highest BCUT2D eigenvalue weighted by molar-refractivity contribution is 5.97. The third-order valence-electron chi connectivity index (χ3n) is 3.35. The fourth-order valence-corrected chi connectivity index (χ4v) is 2.31. The van der Waals surface area contributed by atoms with Crippen molar-refractivity contribution in [1.82, 2.24) is 4.90 Å². The van der Waals surface area contributed by atoms with Gasteiger partial charge in [0.2, 0.25) is 5.75 Å². The van der Waals surface area contributed by atoms with Gasteiger partial charge < -0.3 is 24.2 Å². The first-order valence-corrected chi connectivity index (χ1v) is 8.44. The van der Waals surface area contributed by atoms with E-state index in [9.17, 15) is 9.59 Å². The summed E-state index contributed by atoms with van der Waals surface area (Å²) in [5, 5.41) is 9.06. The normalized spacial score (nSPS) is 10.5. The second-order valence-corrected chi connectivity index (χ2v) is 5.52. The maximum atomic E-state index is 12.8. The Bertz CT molecular complexity index is 572. The van der Waals surface area contributed by atoms with Gasteiger partial charge in [-0.2, -0.15) is 0 Å². The Morgan fingerprint density at radius 3 is 1.84 bits per heavy atom. The van der Waals surface area contributed by atoms with E-state index in [0.717, 1.165) is 0 Å². The third-order valence-corrected chi connectivity index (χ3v) is 3.35. The van der Waals surface area contributed by atoms with Crippen LogP contribution >= 0.6 is 0 Å². The number of ether oxygens (including phenoxy) is 3. The number of hydrogen-bond acceptors (Lipinski definition) is 5. The largest absolute Gasteiger partial charge is 0.490 e. The molecule has 7 nitrogen and oxygen atoms in total. The Labute approximate surface area is 148 Å². The number of benzene rings is 1. The Hall–Kier alpha value is -2.44. The summed E-state index contributed by atoms with van der Waals surface area (Å²) in [5.41, 5.74) is 0.297. The first-order valence-electron chi connectivity index (χ1n) is 8.44. The summed E-state index contributed by atoms with van der Waals surface area (Å²) in [6.07, 6.45) is 0. The molecule has 0 heterocycles. The van der Waals surface area contributed by atoms with Crippen molar-refractivity contribution in [2.45, 2.75) is 40.7 Å². The van der Waals surface area contributed by atoms with Crippen LogP contribution in [0.4, 0.5) is 0 Å². The number of carbonyl (C=O) groups is 2. The number of hydrogen-bond donors (Lipinski definition) is 1. The summed E-state index contributed by atoms with van der Waals surface area (Å²) < 4.78 is 16.8. The van der Waals surface area contributed by atoms with Crippen molar-refractivity contribution in [3.63, 3.8) is 0 Å². The zero-order valence-electron chi connectivity index (χ0n) is 15.5. The van der Waals surface area contributed by atoms with E-state index in [4.69, 9.17) is 19.3 Å². The molecule has 0 aliphatic heterocycles. The topological polar surface area (TPSA) is 85.3 Å². The molecule has 7 heteroatoms. The minimum Gasteiger partial charge on any atom is -0.490 e. The van der Waals surface area contributed by atoms with Gasteiger partial charge in [0.1, 0.15) is 6.54 Å². The van der Waals surface area contributed by atoms with E-state index in [1.807, 2.05) is 20.8 Å². The van der Waals surface area contributed by atoms with Crippen LogP contribution in [0.2, 0.25) is 0 Å². The SMILES string of the molecule is CCOc1cc(C(=O)N(CC(=O)O)C(C)C)cc(OCC)c1OCC. The third kappa shape index (κ3) is 5.55. The second kappa shape index (κ2) is 9.76. The molecule has 0 atom stereocenters. The van der Waals surface area contributed by atoms with Crippen LogP contribution in [-0.2, 0) is 4.79 Å². The fraction of sp³-hybridized carbons (Fsp3) is 0.556. The van der Waals surface area contributed by atoms with Gasteiger partial charge in [-0.25, -0.2) is 0 Å². The molecular formula is C18H27NO6. The molecule has 1 amide bonds. The lowest BCUT2D eigenvalue weighted by Crippen LogP contribution is -2.40. The van der Waals surface area contributed by atoms with Crippen LogP contribution < -0.4 is 14.2 Å². The summed E-state index contributed by atoms with van der Waals surface area (Å²) in [7, 11) is 0. The van der Waals surface area contributed by atoms with Gasteiger partial charge >= 0.3 is 5.97 Å². The van der Waals surface area contributed by atoms with Crippen molar-refractivity contribution in [3.8, 4) is 17.2 Å². The average molecular weight is 353 g/mol. The van der Waals surface area contributed by atoms with Crippen molar-refractivity contribution >= 4 is 11.9 Å². The van der Waals surface area contributed by atoms with E-state index in [0.29, 0.717) is 42.6 Å². The van der Waals surface area contributed by atoms with E-state index in [2.05, 4.69) is 0 Å². The van der Waals surface area contributed by atoms with Gasteiger partial charge in [0.15, 0.2) is 11.5 Å². The van der Waals surface area contributed by atoms with Gasteiger partial charge in [-0.05, 0) is 46.8 Å². The van der Waals surface area contributed by atoms with Crippen molar-refractivity contribution in [2.24, 2.45) is 0 Å². The van der Waals surface area contributed by atoms with Crippen LogP contribution in [0.15, 0.2) is 12.1 Å². The molecular weight excluding hydrogens is 326 g/mol. The monoisotopic (exact) mass is 353 g/mol. The molecule has 0 spiro atoms. The Kier molecular flexibility index (Phi) is 8.04. The van der Waals surface area contributed by atoms with E-state index in [1.165, 1.54) is 4.90 Å². The molecule has 0 aromatic heterocycles. The van der Waals surface area contributed by atoms with Gasteiger partial charge in [0.25, 0.3) is 5.91 Å². The first-order chi connectivity index (χ1) is 11.8. The molecule has 0 bridgehead atoms. The maximum Gasteiger partial charge on any atom is 0.323 e. The summed E-state index contributed by atoms with van der Waals surface area (Å²) in [4.78, 5) is 25.2. The molecule has 0 fully saturated rings. The lowest BCUT2D eigenvalue weighted by Gasteiger charge is -2.26. The van der Waals surface area contributed by atoms with Crippen LogP contribution in [0.25, 0.3) is 0 Å². The van der Waals surface area contributed by atoms with E-state index in [1.54, 1.807) is 26.0 Å². The van der Waals surface area contributed by atoms with Crippen LogP contribution in [-0.4, -0.2) is 54.3 Å². The summed E-state index contributed by atoms with van der Waals surface area (Å²) in [5.74, 6) is -0.224. The maximum absolute atomic E-state index is 12.8. The molecule has 1 rings (SSSR count). The molecule has 1 aromatic carbocycles. The van der Waals surface area contributed by atoms with Crippen LogP contribution in [0.1, 0.15) is 45.0 Å². The Balaban J connectivity index is 3.37. The molecule has 0 aliphatic carbocycles. The van der Waals surface area contributed by atoms with E-state index < -0.39 is 11.9 Å². The fourth-order valence-electron chi connectivity index (χ4n) is 2.31. The van der Waals surface area contributed by atoms with Crippen LogP contribution in [0.3, 0.4) is 0 Å². The number of aliphatic carboxylic acids is 1. The van der Waals surface area contributed by atoms with Gasteiger partial charge in [-0.1, -0.05) is 0 Å². The van der Waals surface area contributed by atoms with E-state index in [-0.39, 0.29) is 12.6 Å². The molecule has 1 aromatic rings. The number of carboxylic acid groups (broad SMARTS) is 1. The minimum atomic E-state index is -1.07. The molecule has 0 saturated carbocycles. The zero-order valence-corrected chi connectivity index (χ0v) is 15.5. The predicted molar refractivity (Wildman–Crippen MR) is 93.8 cm³/mol. The van der Waals surface area contributed by atoms with Crippen LogP contribution in [0, 0.1) is 0 Å². The molecule has 1 N–H and O–H groups in total. The lowest BCUT2D eigenvalue weighted by molar-refractivity contribution is -0.138. The summed E-state index contributed by atoms with van der Waals surface area (Å²) in [6, 6.07) is 2.87. The predicted octanol–water partition coefficient (Wildman–Crippen LogP) is 2.82. The number of nitrogens with zero attached hydrogens (tertiary/aromatic N) is 1.